The third kappa shape index (κ3) is 4.30. The highest BCUT2D eigenvalue weighted by Crippen LogP contribution is 2.23. The van der Waals surface area contributed by atoms with E-state index in [9.17, 15) is 0 Å². The summed E-state index contributed by atoms with van der Waals surface area (Å²) in [7, 11) is 0. The van der Waals surface area contributed by atoms with E-state index in [1.165, 1.54) is 11.1 Å². The number of nitrogens with zero attached hydrogens (tertiary/aromatic N) is 1. The fourth-order valence-corrected chi connectivity index (χ4v) is 2.69. The van der Waals surface area contributed by atoms with E-state index < -0.39 is 0 Å². The van der Waals surface area contributed by atoms with Crippen LogP contribution in [0.15, 0.2) is 102 Å². The summed E-state index contributed by atoms with van der Waals surface area (Å²) >= 11 is 0. The van der Waals surface area contributed by atoms with Crippen LogP contribution in [0.4, 0.5) is 0 Å². The number of hydrogen-bond acceptors (Lipinski definition) is 1. The molecule has 1 nitrogen and oxygen atoms in total. The van der Waals surface area contributed by atoms with Crippen molar-refractivity contribution in [1.82, 2.24) is 0 Å². The summed E-state index contributed by atoms with van der Waals surface area (Å²) in [5, 5.41) is 0. The Labute approximate surface area is 144 Å². The highest BCUT2D eigenvalue weighted by Gasteiger charge is 2.05. The largest absolute Gasteiger partial charge is 0.256 e. The fraction of sp³-hybridized carbons (Fsp3) is 0.0870. The van der Waals surface area contributed by atoms with E-state index in [-0.39, 0.29) is 0 Å². The van der Waals surface area contributed by atoms with Crippen LogP contribution in [0.2, 0.25) is 0 Å². The van der Waals surface area contributed by atoms with Crippen LogP contribution < -0.4 is 0 Å². The normalized spacial score (nSPS) is 12.2. The van der Waals surface area contributed by atoms with E-state index >= 15 is 0 Å². The zero-order valence-corrected chi connectivity index (χ0v) is 13.9. The molecule has 0 aromatic heterocycles. The smallest absolute Gasteiger partial charge is 0.0694 e. The molecule has 0 fully saturated rings. The third-order valence-corrected chi connectivity index (χ3v) is 3.91. The van der Waals surface area contributed by atoms with Gasteiger partial charge < -0.3 is 0 Å². The summed E-state index contributed by atoms with van der Waals surface area (Å²) < 4.78 is 0. The number of rotatable bonds is 5. The maximum atomic E-state index is 4.81. The quantitative estimate of drug-likeness (QED) is 0.530. The fourth-order valence-electron chi connectivity index (χ4n) is 2.69. The molecule has 3 aromatic rings. The molecule has 0 aliphatic heterocycles. The summed E-state index contributed by atoms with van der Waals surface area (Å²) in [6.45, 7) is 2.16. The van der Waals surface area contributed by atoms with Gasteiger partial charge in [0.25, 0.3) is 0 Å². The molecule has 0 radical (unpaired) electrons. The Balaban J connectivity index is 1.95. The van der Waals surface area contributed by atoms with Crippen molar-refractivity contribution in [2.75, 3.05) is 0 Å². The van der Waals surface area contributed by atoms with Crippen molar-refractivity contribution in [3.8, 4) is 0 Å². The van der Waals surface area contributed by atoms with Crippen molar-refractivity contribution in [1.29, 1.82) is 0 Å². The van der Waals surface area contributed by atoms with Gasteiger partial charge in [-0.3, -0.25) is 4.99 Å². The summed E-state index contributed by atoms with van der Waals surface area (Å²) in [6, 6.07) is 31.1. The lowest BCUT2D eigenvalue weighted by Crippen LogP contribution is -1.93. The van der Waals surface area contributed by atoms with Crippen molar-refractivity contribution in [3.05, 3.63) is 113 Å². The van der Waals surface area contributed by atoms with E-state index in [1.807, 2.05) is 36.5 Å². The van der Waals surface area contributed by atoms with Crippen LogP contribution in [-0.4, -0.2) is 6.21 Å². The minimum atomic E-state index is 0.900. The van der Waals surface area contributed by atoms with Gasteiger partial charge in [0.05, 0.1) is 5.70 Å². The number of aliphatic imine (C=N–C) groups is 1. The molecule has 0 N–H and O–H groups in total. The Kier molecular flexibility index (Phi) is 5.36. The minimum absolute atomic E-state index is 0.900. The predicted molar refractivity (Wildman–Crippen MR) is 103 cm³/mol. The molecule has 1 heteroatoms. The zero-order valence-electron chi connectivity index (χ0n) is 13.9. The molecule has 3 rings (SSSR count). The molecule has 0 spiro atoms. The van der Waals surface area contributed by atoms with Gasteiger partial charge in [-0.25, -0.2) is 0 Å². The predicted octanol–water partition coefficient (Wildman–Crippen LogP) is 5.78. The highest BCUT2D eigenvalue weighted by atomic mass is 14.7. The average molecular weight is 311 g/mol. The van der Waals surface area contributed by atoms with Gasteiger partial charge in [0.1, 0.15) is 0 Å². The molecule has 0 bridgehead atoms. The Bertz CT molecular complexity index is 816. The van der Waals surface area contributed by atoms with Gasteiger partial charge in [-0.1, -0.05) is 91.0 Å². The SMILES string of the molecule is C/C(Cc1ccccc1)=C(\N=Cc1ccccc1)c1ccccc1. The van der Waals surface area contributed by atoms with Gasteiger partial charge in [0.2, 0.25) is 0 Å². The summed E-state index contributed by atoms with van der Waals surface area (Å²) in [5.41, 5.74) is 5.87. The highest BCUT2D eigenvalue weighted by molar-refractivity contribution is 5.86. The average Bonchev–Trinajstić information content (AvgIpc) is 2.64. The second-order valence-corrected chi connectivity index (χ2v) is 5.83. The van der Waals surface area contributed by atoms with E-state index in [1.54, 1.807) is 0 Å². The molecule has 0 saturated heterocycles. The first kappa shape index (κ1) is 15.9. The van der Waals surface area contributed by atoms with Crippen LogP contribution in [-0.2, 0) is 6.42 Å². The molecule has 24 heavy (non-hydrogen) atoms. The maximum absolute atomic E-state index is 4.81. The Morgan fingerprint density at radius 2 is 1.29 bits per heavy atom. The molecular formula is C23H21N. The standard InChI is InChI=1S/C23H21N/c1-19(17-20-11-5-2-6-12-20)23(22-15-9-4-10-16-22)24-18-21-13-7-3-8-14-21/h2-16,18H,17H2,1H3/b23-19+,24-18?. The first-order valence-electron chi connectivity index (χ1n) is 8.21. The van der Waals surface area contributed by atoms with Crippen LogP contribution in [0.25, 0.3) is 5.70 Å². The Hall–Kier alpha value is -2.93. The molecule has 0 aliphatic rings. The second-order valence-electron chi connectivity index (χ2n) is 5.83. The van der Waals surface area contributed by atoms with Crippen molar-refractivity contribution >= 4 is 11.9 Å². The number of benzene rings is 3. The minimum Gasteiger partial charge on any atom is -0.256 e. The molecular weight excluding hydrogens is 290 g/mol. The monoisotopic (exact) mass is 311 g/mol. The lowest BCUT2D eigenvalue weighted by molar-refractivity contribution is 1.14. The molecule has 0 unspecified atom stereocenters. The Morgan fingerprint density at radius 1 is 0.750 bits per heavy atom. The van der Waals surface area contributed by atoms with Crippen LogP contribution in [0, 0.1) is 0 Å². The van der Waals surface area contributed by atoms with Crippen molar-refractivity contribution in [2.24, 2.45) is 4.99 Å². The number of hydrogen-bond donors (Lipinski definition) is 0. The van der Waals surface area contributed by atoms with Gasteiger partial charge in [-0.15, -0.1) is 0 Å². The van der Waals surface area contributed by atoms with Crippen LogP contribution in [0.1, 0.15) is 23.6 Å². The van der Waals surface area contributed by atoms with E-state index in [2.05, 4.69) is 67.6 Å². The van der Waals surface area contributed by atoms with Gasteiger partial charge >= 0.3 is 0 Å². The van der Waals surface area contributed by atoms with E-state index in [4.69, 9.17) is 4.99 Å². The second kappa shape index (κ2) is 8.07. The molecule has 118 valence electrons. The molecule has 0 saturated carbocycles. The zero-order chi connectivity index (χ0) is 16.6. The first-order valence-corrected chi connectivity index (χ1v) is 8.21. The van der Waals surface area contributed by atoms with E-state index in [0.717, 1.165) is 23.2 Å². The lowest BCUT2D eigenvalue weighted by Gasteiger charge is -2.09. The van der Waals surface area contributed by atoms with E-state index in [0.29, 0.717) is 0 Å². The van der Waals surface area contributed by atoms with Gasteiger partial charge in [0, 0.05) is 11.8 Å². The topological polar surface area (TPSA) is 12.4 Å². The summed E-state index contributed by atoms with van der Waals surface area (Å²) in [4.78, 5) is 4.81. The Morgan fingerprint density at radius 3 is 1.92 bits per heavy atom. The van der Waals surface area contributed by atoms with Crippen LogP contribution >= 0.6 is 0 Å². The van der Waals surface area contributed by atoms with Gasteiger partial charge in [-0.2, -0.15) is 0 Å². The molecule has 0 aliphatic carbocycles. The van der Waals surface area contributed by atoms with Crippen molar-refractivity contribution < 1.29 is 0 Å². The molecule has 3 aromatic carbocycles. The number of allylic oxidation sites excluding steroid dienone is 1. The van der Waals surface area contributed by atoms with Crippen LogP contribution in [0.5, 0.6) is 0 Å². The first-order chi connectivity index (χ1) is 11.8. The molecule has 0 atom stereocenters. The lowest BCUT2D eigenvalue weighted by atomic mass is 10.0. The van der Waals surface area contributed by atoms with Crippen molar-refractivity contribution in [3.63, 3.8) is 0 Å². The van der Waals surface area contributed by atoms with Gasteiger partial charge in [-0.05, 0) is 30.0 Å². The van der Waals surface area contributed by atoms with Gasteiger partial charge in [0.15, 0.2) is 0 Å². The summed E-state index contributed by atoms with van der Waals surface area (Å²) in [5.74, 6) is 0. The maximum Gasteiger partial charge on any atom is 0.0694 e. The van der Waals surface area contributed by atoms with Crippen molar-refractivity contribution in [2.45, 2.75) is 13.3 Å². The molecule has 0 heterocycles. The van der Waals surface area contributed by atoms with Crippen LogP contribution in [0.3, 0.4) is 0 Å². The summed E-state index contributed by atoms with van der Waals surface area (Å²) in [6.07, 6.45) is 2.84. The third-order valence-electron chi connectivity index (χ3n) is 3.91. The molecule has 0 amide bonds.